The van der Waals surface area contributed by atoms with Gasteiger partial charge in [-0.2, -0.15) is 0 Å². The average molecular weight is 173 g/mol. The second-order valence-electron chi connectivity index (χ2n) is 2.33. The lowest BCUT2D eigenvalue weighted by molar-refractivity contribution is 0.472. The molecule has 1 aromatic rings. The van der Waals surface area contributed by atoms with Crippen LogP contribution in [0.4, 0.5) is 11.4 Å². The van der Waals surface area contributed by atoms with Crippen molar-refractivity contribution in [2.24, 2.45) is 0 Å². The van der Waals surface area contributed by atoms with Crippen molar-refractivity contribution in [2.45, 2.75) is 6.92 Å². The van der Waals surface area contributed by atoms with E-state index in [1.165, 1.54) is 6.07 Å². The van der Waals surface area contributed by atoms with Crippen LogP contribution in [0.15, 0.2) is 6.07 Å². The monoisotopic (exact) mass is 172 g/mol. The first-order valence-electron chi connectivity index (χ1n) is 3.07. The Morgan fingerprint density at radius 1 is 1.45 bits per heavy atom. The van der Waals surface area contributed by atoms with E-state index in [2.05, 4.69) is 0 Å². The van der Waals surface area contributed by atoms with Crippen molar-refractivity contribution in [3.63, 3.8) is 0 Å². The van der Waals surface area contributed by atoms with Gasteiger partial charge in [-0.25, -0.2) is 0 Å². The Labute approximate surface area is 69.6 Å². The van der Waals surface area contributed by atoms with Crippen LogP contribution in [0.5, 0.6) is 5.75 Å². The lowest BCUT2D eigenvalue weighted by Crippen LogP contribution is -1.97. The molecule has 0 aliphatic carbocycles. The normalized spacial score (nSPS) is 10.0. The van der Waals surface area contributed by atoms with Crippen LogP contribution in [0.2, 0.25) is 5.02 Å². The molecule has 0 amide bonds. The second-order valence-corrected chi connectivity index (χ2v) is 2.74. The van der Waals surface area contributed by atoms with Gasteiger partial charge in [0.05, 0.1) is 16.4 Å². The van der Waals surface area contributed by atoms with E-state index in [1.807, 2.05) is 0 Å². The molecule has 0 saturated heterocycles. The molecule has 0 atom stereocenters. The lowest BCUT2D eigenvalue weighted by atomic mass is 10.1. The van der Waals surface area contributed by atoms with Crippen molar-refractivity contribution < 1.29 is 5.11 Å². The predicted molar refractivity (Wildman–Crippen MR) is 46.7 cm³/mol. The van der Waals surface area contributed by atoms with E-state index >= 15 is 0 Å². The maximum absolute atomic E-state index is 9.24. The van der Waals surface area contributed by atoms with E-state index in [1.54, 1.807) is 6.92 Å². The molecule has 0 aromatic heterocycles. The molecule has 1 aromatic carbocycles. The fourth-order valence-corrected chi connectivity index (χ4v) is 1.07. The predicted octanol–water partition coefficient (Wildman–Crippen LogP) is 1.52. The lowest BCUT2D eigenvalue weighted by Gasteiger charge is -2.07. The van der Waals surface area contributed by atoms with Gasteiger partial charge < -0.3 is 16.6 Å². The zero-order valence-electron chi connectivity index (χ0n) is 6.06. The number of benzene rings is 1. The van der Waals surface area contributed by atoms with Gasteiger partial charge in [0.25, 0.3) is 0 Å². The fraction of sp³-hybridized carbons (Fsp3) is 0.143. The molecule has 60 valence electrons. The summed E-state index contributed by atoms with van der Waals surface area (Å²) < 4.78 is 0. The quantitative estimate of drug-likeness (QED) is 0.410. The van der Waals surface area contributed by atoms with Gasteiger partial charge in [-0.1, -0.05) is 11.6 Å². The number of hydrogen-bond acceptors (Lipinski definition) is 3. The third kappa shape index (κ3) is 1.19. The summed E-state index contributed by atoms with van der Waals surface area (Å²) in [4.78, 5) is 0. The molecule has 0 unspecified atom stereocenters. The number of halogens is 1. The SMILES string of the molecule is Cc1c(N)c(N)cc(Cl)c1O. The largest absolute Gasteiger partial charge is 0.506 e. The summed E-state index contributed by atoms with van der Waals surface area (Å²) in [5, 5.41) is 9.47. The molecule has 0 aliphatic rings. The molecular formula is C7H9ClN2O. The molecule has 0 bridgehead atoms. The van der Waals surface area contributed by atoms with Gasteiger partial charge in [-0.15, -0.1) is 0 Å². The number of nitrogens with two attached hydrogens (primary N) is 2. The van der Waals surface area contributed by atoms with E-state index in [-0.39, 0.29) is 10.8 Å². The number of hydrogen-bond donors (Lipinski definition) is 3. The van der Waals surface area contributed by atoms with Gasteiger partial charge in [0.15, 0.2) is 0 Å². The van der Waals surface area contributed by atoms with Gasteiger partial charge in [0.1, 0.15) is 5.75 Å². The van der Waals surface area contributed by atoms with Crippen molar-refractivity contribution in [3.05, 3.63) is 16.7 Å². The number of nitrogen functional groups attached to an aromatic ring is 2. The van der Waals surface area contributed by atoms with E-state index in [0.29, 0.717) is 16.9 Å². The van der Waals surface area contributed by atoms with E-state index in [4.69, 9.17) is 23.1 Å². The highest BCUT2D eigenvalue weighted by molar-refractivity contribution is 6.32. The summed E-state index contributed by atoms with van der Waals surface area (Å²) in [7, 11) is 0. The highest BCUT2D eigenvalue weighted by Crippen LogP contribution is 2.34. The first-order valence-corrected chi connectivity index (χ1v) is 3.45. The number of phenolic OH excluding ortho intramolecular Hbond substituents is 1. The molecule has 0 fully saturated rings. The summed E-state index contributed by atoms with van der Waals surface area (Å²) >= 11 is 5.61. The van der Waals surface area contributed by atoms with Crippen molar-refractivity contribution in [3.8, 4) is 5.75 Å². The van der Waals surface area contributed by atoms with Crippen LogP contribution in [0.25, 0.3) is 0 Å². The van der Waals surface area contributed by atoms with Crippen LogP contribution < -0.4 is 11.5 Å². The highest BCUT2D eigenvalue weighted by Gasteiger charge is 2.08. The zero-order chi connectivity index (χ0) is 8.59. The topological polar surface area (TPSA) is 72.3 Å². The molecule has 0 saturated carbocycles. The minimum atomic E-state index is -0.00151. The number of rotatable bonds is 0. The highest BCUT2D eigenvalue weighted by atomic mass is 35.5. The van der Waals surface area contributed by atoms with Gasteiger partial charge in [-0.3, -0.25) is 0 Å². The van der Waals surface area contributed by atoms with Crippen molar-refractivity contribution in [2.75, 3.05) is 11.5 Å². The minimum absolute atomic E-state index is 0.00151. The molecular weight excluding hydrogens is 164 g/mol. The maximum atomic E-state index is 9.24. The Morgan fingerprint density at radius 2 is 2.00 bits per heavy atom. The average Bonchev–Trinajstić information content (AvgIpc) is 1.97. The zero-order valence-corrected chi connectivity index (χ0v) is 6.81. The summed E-state index contributed by atoms with van der Waals surface area (Å²) in [6, 6.07) is 1.43. The maximum Gasteiger partial charge on any atom is 0.139 e. The smallest absolute Gasteiger partial charge is 0.139 e. The fourth-order valence-electron chi connectivity index (χ4n) is 0.806. The minimum Gasteiger partial charge on any atom is -0.506 e. The van der Waals surface area contributed by atoms with Crippen LogP contribution in [0.1, 0.15) is 5.56 Å². The molecule has 11 heavy (non-hydrogen) atoms. The molecule has 4 heteroatoms. The van der Waals surface area contributed by atoms with Crippen molar-refractivity contribution in [1.82, 2.24) is 0 Å². The van der Waals surface area contributed by atoms with Crippen LogP contribution in [-0.2, 0) is 0 Å². The second kappa shape index (κ2) is 2.51. The molecule has 3 nitrogen and oxygen atoms in total. The Bertz CT molecular complexity index is 273. The molecule has 5 N–H and O–H groups in total. The summed E-state index contributed by atoms with van der Waals surface area (Å²) in [6.07, 6.45) is 0. The van der Waals surface area contributed by atoms with Crippen LogP contribution in [-0.4, -0.2) is 5.11 Å². The molecule has 0 radical (unpaired) electrons. The summed E-state index contributed by atoms with van der Waals surface area (Å²) in [6.45, 7) is 1.66. The molecule has 0 heterocycles. The van der Waals surface area contributed by atoms with Gasteiger partial charge in [-0.05, 0) is 13.0 Å². The number of phenols is 1. The van der Waals surface area contributed by atoms with Crippen molar-refractivity contribution in [1.29, 1.82) is 0 Å². The first kappa shape index (κ1) is 8.01. The Hall–Kier alpha value is -1.09. The Morgan fingerprint density at radius 3 is 2.55 bits per heavy atom. The standard InChI is InChI=1S/C7H9ClN2O/c1-3-6(10)5(9)2-4(8)7(3)11/h2,11H,9-10H2,1H3. The van der Waals surface area contributed by atoms with Crippen LogP contribution in [0, 0.1) is 6.92 Å². The van der Waals surface area contributed by atoms with Crippen molar-refractivity contribution >= 4 is 23.0 Å². The number of aromatic hydroxyl groups is 1. The molecule has 0 aliphatic heterocycles. The van der Waals surface area contributed by atoms with Gasteiger partial charge >= 0.3 is 0 Å². The Kier molecular flexibility index (Phi) is 1.83. The third-order valence-electron chi connectivity index (χ3n) is 1.58. The molecule has 1 rings (SSSR count). The summed E-state index contributed by atoms with van der Waals surface area (Å²) in [5.74, 6) is -0.00151. The molecule has 0 spiro atoms. The van der Waals surface area contributed by atoms with Gasteiger partial charge in [0.2, 0.25) is 0 Å². The summed E-state index contributed by atoms with van der Waals surface area (Å²) in [5.41, 5.74) is 12.3. The third-order valence-corrected chi connectivity index (χ3v) is 1.87. The van der Waals surface area contributed by atoms with Gasteiger partial charge in [0, 0.05) is 5.56 Å². The van der Waals surface area contributed by atoms with E-state index in [9.17, 15) is 5.11 Å². The van der Waals surface area contributed by atoms with E-state index < -0.39 is 0 Å². The van der Waals surface area contributed by atoms with Crippen LogP contribution >= 0.6 is 11.6 Å². The first-order chi connectivity index (χ1) is 5.04. The number of anilines is 2. The van der Waals surface area contributed by atoms with E-state index in [0.717, 1.165) is 0 Å². The Balaban J connectivity index is 3.46. The van der Waals surface area contributed by atoms with Crippen LogP contribution in [0.3, 0.4) is 0 Å².